The number of alkyl halides is 1. The van der Waals surface area contributed by atoms with Crippen LogP contribution in [-0.2, 0) is 23.9 Å². The summed E-state index contributed by atoms with van der Waals surface area (Å²) in [7, 11) is 0. The molecule has 1 aromatic rings. The first-order valence-corrected chi connectivity index (χ1v) is 15.0. The second-order valence-corrected chi connectivity index (χ2v) is 14.2. The van der Waals surface area contributed by atoms with Gasteiger partial charge in [0.1, 0.15) is 11.6 Å². The molecule has 3 aliphatic heterocycles. The van der Waals surface area contributed by atoms with E-state index < -0.39 is 47.1 Å². The fourth-order valence-corrected chi connectivity index (χ4v) is 8.47. The zero-order chi connectivity index (χ0) is 29.6. The molecule has 8 nitrogen and oxygen atoms in total. The predicted molar refractivity (Wildman–Crippen MR) is 156 cm³/mol. The molecule has 2 bridgehead atoms. The van der Waals surface area contributed by atoms with Crippen molar-refractivity contribution in [2.24, 2.45) is 17.3 Å². The molecule has 1 N–H and O–H groups in total. The highest BCUT2D eigenvalue weighted by molar-refractivity contribution is 9.09. The number of hydrogen-bond acceptors (Lipinski definition) is 6. The van der Waals surface area contributed by atoms with E-state index in [0.29, 0.717) is 18.4 Å². The molecule has 40 heavy (non-hydrogen) atoms. The number of likely N-dealkylation sites (tertiary alicyclic amines) is 1. The second-order valence-electron chi connectivity index (χ2n) is 13.1. The van der Waals surface area contributed by atoms with Gasteiger partial charge in [-0.05, 0) is 44.6 Å². The predicted octanol–water partition coefficient (Wildman–Crippen LogP) is 4.26. The summed E-state index contributed by atoms with van der Waals surface area (Å²) < 4.78 is 12.0. The largest absolute Gasteiger partial charge is 0.466 e. The summed E-state index contributed by atoms with van der Waals surface area (Å²) in [5, 5.41) is 10.7. The number of fused-ring (bicyclic) bond motifs is 1. The molecule has 2 amide bonds. The molecule has 3 fully saturated rings. The third kappa shape index (κ3) is 5.13. The van der Waals surface area contributed by atoms with Crippen LogP contribution in [-0.4, -0.2) is 80.6 Å². The second kappa shape index (κ2) is 11.2. The number of nitrogens with zero attached hydrogens (tertiary/aromatic N) is 2. The molecule has 1 spiro atoms. The molecule has 7 atom stereocenters. The van der Waals surface area contributed by atoms with E-state index in [2.05, 4.69) is 43.3 Å². The number of esters is 1. The van der Waals surface area contributed by atoms with Gasteiger partial charge in [0.25, 0.3) is 0 Å². The minimum absolute atomic E-state index is 0.0782. The van der Waals surface area contributed by atoms with Gasteiger partial charge in [-0.15, -0.1) is 6.58 Å². The van der Waals surface area contributed by atoms with Gasteiger partial charge >= 0.3 is 5.97 Å². The van der Waals surface area contributed by atoms with Gasteiger partial charge in [0, 0.05) is 16.9 Å². The van der Waals surface area contributed by atoms with Gasteiger partial charge in [0.05, 0.1) is 37.2 Å². The number of benzene rings is 1. The lowest BCUT2D eigenvalue weighted by Gasteiger charge is -2.46. The van der Waals surface area contributed by atoms with E-state index in [1.165, 1.54) is 4.90 Å². The number of carbonyl (C=O) groups excluding carboxylic acids is 3. The van der Waals surface area contributed by atoms with Crippen molar-refractivity contribution in [3.63, 3.8) is 0 Å². The van der Waals surface area contributed by atoms with Crippen molar-refractivity contribution in [1.82, 2.24) is 9.80 Å². The van der Waals surface area contributed by atoms with E-state index in [4.69, 9.17) is 9.47 Å². The molecule has 1 unspecified atom stereocenters. The van der Waals surface area contributed by atoms with E-state index in [-0.39, 0.29) is 41.8 Å². The summed E-state index contributed by atoms with van der Waals surface area (Å²) in [5.74, 6) is -2.89. The first-order valence-electron chi connectivity index (χ1n) is 14.1. The number of aliphatic hydroxyl groups excluding tert-OH is 1. The Labute approximate surface area is 246 Å². The highest BCUT2D eigenvalue weighted by Crippen LogP contribution is 2.61. The SMILES string of the molecule is C=CCN(C(=O)[C@@H]1N([C@H](CO)c2ccccc2)C(=O)[C@H]2[C@H](C(=O)OCC)[C@H]3O[C@@]12CC3Br)C(C)(C)CC(C)(C)C. The van der Waals surface area contributed by atoms with Crippen LogP contribution in [0.15, 0.2) is 43.0 Å². The Morgan fingerprint density at radius 1 is 1.27 bits per heavy atom. The number of aliphatic hydroxyl groups is 1. The molecule has 0 saturated carbocycles. The van der Waals surface area contributed by atoms with Crippen molar-refractivity contribution in [3.8, 4) is 0 Å². The third-order valence-electron chi connectivity index (χ3n) is 8.48. The number of hydrogen-bond donors (Lipinski definition) is 1. The van der Waals surface area contributed by atoms with Crippen molar-refractivity contribution in [3.05, 3.63) is 48.6 Å². The Morgan fingerprint density at radius 2 is 1.93 bits per heavy atom. The Morgan fingerprint density at radius 3 is 2.48 bits per heavy atom. The van der Waals surface area contributed by atoms with Crippen molar-refractivity contribution < 1.29 is 29.0 Å². The number of amides is 2. The van der Waals surface area contributed by atoms with Crippen molar-refractivity contribution in [2.75, 3.05) is 19.8 Å². The van der Waals surface area contributed by atoms with Crippen LogP contribution in [0.4, 0.5) is 0 Å². The molecule has 1 aromatic carbocycles. The minimum atomic E-state index is -1.25. The van der Waals surface area contributed by atoms with Gasteiger partial charge in [-0.2, -0.15) is 0 Å². The van der Waals surface area contributed by atoms with Crippen LogP contribution >= 0.6 is 15.9 Å². The van der Waals surface area contributed by atoms with Crippen LogP contribution in [0.5, 0.6) is 0 Å². The van der Waals surface area contributed by atoms with Crippen LogP contribution in [0.1, 0.15) is 66.0 Å². The lowest BCUT2D eigenvalue weighted by Crippen LogP contribution is -2.61. The highest BCUT2D eigenvalue weighted by atomic mass is 79.9. The van der Waals surface area contributed by atoms with E-state index in [1.807, 2.05) is 44.2 Å². The van der Waals surface area contributed by atoms with Crippen LogP contribution in [0.2, 0.25) is 0 Å². The smallest absolute Gasteiger partial charge is 0.312 e. The van der Waals surface area contributed by atoms with Gasteiger partial charge in [-0.1, -0.05) is 73.1 Å². The summed E-state index contributed by atoms with van der Waals surface area (Å²) in [5.41, 5.74) is -1.21. The summed E-state index contributed by atoms with van der Waals surface area (Å²) >= 11 is 3.70. The van der Waals surface area contributed by atoms with Crippen LogP contribution in [0.3, 0.4) is 0 Å². The topological polar surface area (TPSA) is 96.4 Å². The molecule has 0 radical (unpaired) electrons. The monoisotopic (exact) mass is 618 g/mol. The van der Waals surface area contributed by atoms with Gasteiger partial charge in [0.15, 0.2) is 0 Å². The maximum Gasteiger partial charge on any atom is 0.312 e. The molecule has 4 rings (SSSR count). The Balaban J connectivity index is 1.89. The summed E-state index contributed by atoms with van der Waals surface area (Å²) in [6.45, 7) is 16.1. The maximum absolute atomic E-state index is 14.9. The molecule has 220 valence electrons. The first kappa shape index (κ1) is 30.7. The van der Waals surface area contributed by atoms with E-state index in [0.717, 1.165) is 0 Å². The average Bonchev–Trinajstić information content (AvgIpc) is 3.46. The van der Waals surface area contributed by atoms with E-state index >= 15 is 0 Å². The molecule has 3 heterocycles. The minimum Gasteiger partial charge on any atom is -0.466 e. The number of ether oxygens (including phenoxy) is 2. The highest BCUT2D eigenvalue weighted by Gasteiger charge is 2.77. The van der Waals surface area contributed by atoms with E-state index in [9.17, 15) is 19.5 Å². The molecule has 0 aliphatic carbocycles. The molecular formula is C31H43BrN2O6. The molecule has 3 saturated heterocycles. The lowest BCUT2D eigenvalue weighted by molar-refractivity contribution is -0.157. The van der Waals surface area contributed by atoms with Gasteiger partial charge in [-0.3, -0.25) is 14.4 Å². The summed E-state index contributed by atoms with van der Waals surface area (Å²) in [6.07, 6.45) is 2.19. The zero-order valence-corrected chi connectivity index (χ0v) is 26.0. The maximum atomic E-state index is 14.9. The first-order chi connectivity index (χ1) is 18.7. The van der Waals surface area contributed by atoms with Crippen LogP contribution in [0.25, 0.3) is 0 Å². The fraction of sp³-hybridized carbons (Fsp3) is 0.645. The van der Waals surface area contributed by atoms with Crippen LogP contribution in [0, 0.1) is 17.3 Å². The lowest BCUT2D eigenvalue weighted by atomic mass is 9.70. The molecule has 9 heteroatoms. The van der Waals surface area contributed by atoms with Gasteiger partial charge in [0.2, 0.25) is 11.8 Å². The quantitative estimate of drug-likeness (QED) is 0.239. The van der Waals surface area contributed by atoms with Crippen molar-refractivity contribution in [2.45, 2.75) is 88.5 Å². The van der Waals surface area contributed by atoms with Gasteiger partial charge < -0.3 is 24.4 Å². The summed E-state index contributed by atoms with van der Waals surface area (Å²) in [6, 6.07) is 7.36. The molecular weight excluding hydrogens is 576 g/mol. The average molecular weight is 620 g/mol. The Hall–Kier alpha value is -2.23. The fourth-order valence-electron chi connectivity index (χ4n) is 7.53. The Bertz CT molecular complexity index is 1130. The van der Waals surface area contributed by atoms with Gasteiger partial charge in [-0.25, -0.2) is 0 Å². The number of rotatable bonds is 10. The number of carbonyl (C=O) groups is 3. The number of halogens is 1. The Kier molecular flexibility index (Phi) is 8.61. The zero-order valence-electron chi connectivity index (χ0n) is 24.4. The van der Waals surface area contributed by atoms with Crippen molar-refractivity contribution in [1.29, 1.82) is 0 Å². The van der Waals surface area contributed by atoms with Crippen molar-refractivity contribution >= 4 is 33.7 Å². The van der Waals surface area contributed by atoms with Crippen LogP contribution < -0.4 is 0 Å². The standard InChI is InChI=1S/C31H43BrN2O6/c1-8-15-33(30(6,7)18-29(3,4)5)27(37)25-31-16-20(32)24(40-31)22(28(38)39-9-2)23(31)26(36)34(25)21(17-35)19-13-11-10-12-14-19/h8,10-14,20-25,35H,1,9,15-18H2,2-7H3/t20?,21-,22+,23-,24+,25+,31-/m1/s1. The molecule has 3 aliphatic rings. The molecule has 0 aromatic heterocycles. The normalized spacial score (nSPS) is 30.2. The summed E-state index contributed by atoms with van der Waals surface area (Å²) in [4.78, 5) is 45.7. The van der Waals surface area contributed by atoms with E-state index in [1.54, 1.807) is 17.9 Å². The third-order valence-corrected chi connectivity index (χ3v) is 9.33.